The van der Waals surface area contributed by atoms with Crippen LogP contribution < -0.4 is 0 Å². The average molecular weight is 351 g/mol. The Kier molecular flexibility index (Phi) is 3.08. The highest BCUT2D eigenvalue weighted by atomic mass is 32.3. The summed E-state index contributed by atoms with van der Waals surface area (Å²) in [7, 11) is -0.638. The molecule has 3 heteroatoms. The van der Waals surface area contributed by atoms with E-state index in [-0.39, 0.29) is 10.8 Å². The Bertz CT molecular complexity index is 682. The molecule has 0 N–H and O–H groups in total. The van der Waals surface area contributed by atoms with Crippen LogP contribution in [0.3, 0.4) is 0 Å². The second kappa shape index (κ2) is 4.43. The molecule has 22 heavy (non-hydrogen) atoms. The second-order valence-electron chi connectivity index (χ2n) is 8.75. The Hall–Kier alpha value is -0.250. The monoisotopic (exact) mass is 350 g/mol. The second-order valence-corrected chi connectivity index (χ2v) is 14.3. The molecule has 2 aromatic heterocycles. The largest absolute Gasteiger partial charge is 0.185 e. The summed E-state index contributed by atoms with van der Waals surface area (Å²) in [5.41, 5.74) is 0.563. The number of hydrogen-bond acceptors (Lipinski definition) is 2. The van der Waals surface area contributed by atoms with E-state index in [0.717, 1.165) is 0 Å². The minimum atomic E-state index is -0.638. The molecule has 2 aliphatic heterocycles. The number of hydrogen-bond donors (Lipinski definition) is 0. The zero-order chi connectivity index (χ0) is 15.9. The highest BCUT2D eigenvalue weighted by Gasteiger charge is 2.46. The topological polar surface area (TPSA) is 0 Å². The number of thiophene rings is 2. The van der Waals surface area contributed by atoms with Crippen molar-refractivity contribution < 1.29 is 0 Å². The van der Waals surface area contributed by atoms with E-state index in [1.165, 1.54) is 17.9 Å². The normalized spacial score (nSPS) is 20.6. The molecule has 0 saturated carbocycles. The SMILES string of the molecule is CC(C)(C)c1cc2c(s1)-c1sc(C(C)(C)C)cc1S21CCC1. The zero-order valence-electron chi connectivity index (χ0n) is 14.5. The van der Waals surface area contributed by atoms with Crippen molar-refractivity contribution in [3.8, 4) is 9.75 Å². The lowest BCUT2D eigenvalue weighted by Crippen LogP contribution is -2.20. The summed E-state index contributed by atoms with van der Waals surface area (Å²) in [6.45, 7) is 14.1. The zero-order valence-corrected chi connectivity index (χ0v) is 17.0. The molecule has 1 fully saturated rings. The van der Waals surface area contributed by atoms with Crippen LogP contribution in [-0.2, 0) is 10.8 Å². The lowest BCUT2D eigenvalue weighted by Gasteiger charge is -2.45. The van der Waals surface area contributed by atoms with Crippen LogP contribution in [-0.4, -0.2) is 11.5 Å². The molecule has 0 unspecified atom stereocenters. The summed E-state index contributed by atoms with van der Waals surface area (Å²) >= 11 is 4.16. The van der Waals surface area contributed by atoms with Crippen LogP contribution in [0.5, 0.6) is 0 Å². The molecule has 2 aromatic rings. The molecule has 1 spiro atoms. The third-order valence-corrected chi connectivity index (χ3v) is 12.8. The predicted molar refractivity (Wildman–Crippen MR) is 104 cm³/mol. The molecule has 4 rings (SSSR count). The maximum Gasteiger partial charge on any atom is 0.0580 e. The first-order chi connectivity index (χ1) is 10.1. The van der Waals surface area contributed by atoms with Crippen LogP contribution in [0.25, 0.3) is 9.75 Å². The summed E-state index contributed by atoms with van der Waals surface area (Å²) < 4.78 is 0. The molecule has 0 nitrogen and oxygen atoms in total. The van der Waals surface area contributed by atoms with Gasteiger partial charge in [-0.2, -0.15) is 10.0 Å². The molecule has 0 aliphatic carbocycles. The van der Waals surface area contributed by atoms with Gasteiger partial charge in [0.15, 0.2) is 0 Å². The molecule has 0 aromatic carbocycles. The van der Waals surface area contributed by atoms with Crippen LogP contribution in [0, 0.1) is 0 Å². The van der Waals surface area contributed by atoms with Crippen molar-refractivity contribution in [3.05, 3.63) is 21.9 Å². The Balaban J connectivity index is 1.93. The van der Waals surface area contributed by atoms with Crippen LogP contribution in [0.4, 0.5) is 0 Å². The Morgan fingerprint density at radius 1 is 0.773 bits per heavy atom. The van der Waals surface area contributed by atoms with Crippen molar-refractivity contribution in [1.29, 1.82) is 0 Å². The van der Waals surface area contributed by atoms with Gasteiger partial charge in [0.25, 0.3) is 0 Å². The van der Waals surface area contributed by atoms with E-state index in [1.54, 1.807) is 29.3 Å². The smallest absolute Gasteiger partial charge is 0.0580 e. The standard InChI is InChI=1S/C19H26S3/c1-18(2,3)14-10-12-16(20-14)17-13(22(12)8-7-9-22)11-15(21-17)19(4,5)6/h10-11H,7-9H2,1-6H3. The van der Waals surface area contributed by atoms with Gasteiger partial charge in [-0.15, -0.1) is 22.7 Å². The summed E-state index contributed by atoms with van der Waals surface area (Å²) in [6, 6.07) is 5.16. The van der Waals surface area contributed by atoms with Crippen molar-refractivity contribution in [2.24, 2.45) is 0 Å². The molecular weight excluding hydrogens is 324 g/mol. The van der Waals surface area contributed by atoms with Gasteiger partial charge in [0.2, 0.25) is 0 Å². The molecule has 4 heterocycles. The van der Waals surface area contributed by atoms with E-state index in [0.29, 0.717) is 0 Å². The number of rotatable bonds is 0. The van der Waals surface area contributed by atoms with Crippen LogP contribution >= 0.6 is 32.7 Å². The lowest BCUT2D eigenvalue weighted by molar-refractivity contribution is 0.603. The van der Waals surface area contributed by atoms with Gasteiger partial charge in [-0.3, -0.25) is 0 Å². The van der Waals surface area contributed by atoms with E-state index >= 15 is 0 Å². The van der Waals surface area contributed by atoms with Gasteiger partial charge in [-0.25, -0.2) is 0 Å². The van der Waals surface area contributed by atoms with Gasteiger partial charge in [0.1, 0.15) is 0 Å². The molecule has 120 valence electrons. The fourth-order valence-electron chi connectivity index (χ4n) is 3.38. The van der Waals surface area contributed by atoms with E-state index in [2.05, 4.69) is 76.3 Å². The average Bonchev–Trinajstić information content (AvgIpc) is 2.90. The molecule has 0 radical (unpaired) electrons. The first-order valence-electron chi connectivity index (χ1n) is 8.21. The molecular formula is C19H26S3. The maximum atomic E-state index is 2.58. The van der Waals surface area contributed by atoms with E-state index in [4.69, 9.17) is 0 Å². The van der Waals surface area contributed by atoms with E-state index in [1.807, 2.05) is 0 Å². The molecule has 0 amide bonds. The van der Waals surface area contributed by atoms with Crippen molar-refractivity contribution in [2.75, 3.05) is 11.5 Å². The van der Waals surface area contributed by atoms with E-state index < -0.39 is 10.0 Å². The van der Waals surface area contributed by atoms with Gasteiger partial charge in [-0.1, -0.05) is 41.5 Å². The minimum Gasteiger partial charge on any atom is -0.185 e. The van der Waals surface area contributed by atoms with Crippen LogP contribution in [0.15, 0.2) is 21.9 Å². The van der Waals surface area contributed by atoms with Crippen molar-refractivity contribution in [2.45, 2.75) is 68.6 Å². The van der Waals surface area contributed by atoms with Gasteiger partial charge >= 0.3 is 0 Å². The highest BCUT2D eigenvalue weighted by molar-refractivity contribution is 8.35. The van der Waals surface area contributed by atoms with Crippen LogP contribution in [0.1, 0.15) is 57.7 Å². The Morgan fingerprint density at radius 2 is 1.18 bits per heavy atom. The molecule has 1 saturated heterocycles. The Morgan fingerprint density at radius 3 is 1.45 bits per heavy atom. The van der Waals surface area contributed by atoms with Gasteiger partial charge in [0.05, 0.1) is 9.75 Å². The molecule has 0 atom stereocenters. The van der Waals surface area contributed by atoms with Crippen molar-refractivity contribution in [1.82, 2.24) is 0 Å². The van der Waals surface area contributed by atoms with E-state index in [9.17, 15) is 0 Å². The third kappa shape index (κ3) is 1.94. The van der Waals surface area contributed by atoms with Crippen molar-refractivity contribution >= 4 is 32.7 Å². The molecule has 0 bridgehead atoms. The van der Waals surface area contributed by atoms with Crippen molar-refractivity contribution in [3.63, 3.8) is 0 Å². The Labute approximate surface area is 144 Å². The first kappa shape index (κ1) is 15.3. The van der Waals surface area contributed by atoms with Gasteiger partial charge in [-0.05, 0) is 40.9 Å². The fraction of sp³-hybridized carbons (Fsp3) is 0.579. The lowest BCUT2D eigenvalue weighted by atomic mass is 9.95. The first-order valence-corrected chi connectivity index (χ1v) is 11.8. The summed E-state index contributed by atoms with van der Waals surface area (Å²) in [4.78, 5) is 9.91. The summed E-state index contributed by atoms with van der Waals surface area (Å²) in [5.74, 6) is 2.88. The van der Waals surface area contributed by atoms with Crippen LogP contribution in [0.2, 0.25) is 0 Å². The highest BCUT2D eigenvalue weighted by Crippen LogP contribution is 2.79. The fourth-order valence-corrected chi connectivity index (χ4v) is 10.8. The molecule has 2 aliphatic rings. The minimum absolute atomic E-state index is 0.281. The quantitative estimate of drug-likeness (QED) is 0.479. The van der Waals surface area contributed by atoms with Gasteiger partial charge in [0, 0.05) is 19.5 Å². The maximum absolute atomic E-state index is 2.58. The summed E-state index contributed by atoms with van der Waals surface area (Å²) in [6.07, 6.45) is 1.43. The van der Waals surface area contributed by atoms with Gasteiger partial charge < -0.3 is 0 Å². The predicted octanol–water partition coefficient (Wildman–Crippen LogP) is 7.01. The summed E-state index contributed by atoms with van der Waals surface area (Å²) in [5, 5.41) is 0. The third-order valence-electron chi connectivity index (χ3n) is 4.91. The number of fused-ring (bicyclic) bond motifs is 5.